The van der Waals surface area contributed by atoms with Crippen molar-refractivity contribution in [2.24, 2.45) is 0 Å². The number of nitriles is 1. The summed E-state index contributed by atoms with van der Waals surface area (Å²) < 4.78 is 0. The highest BCUT2D eigenvalue weighted by atomic mass is 32.2. The highest BCUT2D eigenvalue weighted by Crippen LogP contribution is 2.43. The van der Waals surface area contributed by atoms with Crippen LogP contribution in [0.3, 0.4) is 0 Å². The molecule has 1 aliphatic rings. The Morgan fingerprint density at radius 1 is 1.20 bits per heavy atom. The van der Waals surface area contributed by atoms with Gasteiger partial charge in [-0.1, -0.05) is 18.2 Å². The van der Waals surface area contributed by atoms with Crippen LogP contribution in [0, 0.1) is 11.3 Å². The van der Waals surface area contributed by atoms with E-state index in [2.05, 4.69) is 36.4 Å². The van der Waals surface area contributed by atoms with E-state index >= 15 is 0 Å². The first-order valence-corrected chi connectivity index (χ1v) is 9.08. The lowest BCUT2D eigenvalue weighted by atomic mass is 9.99. The summed E-state index contributed by atoms with van der Waals surface area (Å²) in [6, 6.07) is 15.9. The van der Waals surface area contributed by atoms with E-state index in [0.717, 1.165) is 33.4 Å². The highest BCUT2D eigenvalue weighted by Gasteiger charge is 2.25. The molecule has 0 fully saturated rings. The molecule has 0 aromatic heterocycles. The fourth-order valence-electron chi connectivity index (χ4n) is 3.10. The number of benzene rings is 2. The van der Waals surface area contributed by atoms with Gasteiger partial charge in [0.2, 0.25) is 0 Å². The Kier molecular flexibility index (Phi) is 4.78. The lowest BCUT2D eigenvalue weighted by Crippen LogP contribution is -1.97. The quantitative estimate of drug-likeness (QED) is 0.783. The third kappa shape index (κ3) is 3.38. The summed E-state index contributed by atoms with van der Waals surface area (Å²) in [5.41, 5.74) is 6.22. The number of hydrogen-bond acceptors (Lipinski definition) is 3. The lowest BCUT2D eigenvalue weighted by molar-refractivity contribution is -0.135. The Labute approximate surface area is 151 Å². The number of thioether (sulfide) groups is 1. The standard InChI is InChI=1S/C21H17NO2S/c1-13-18(9-14-3-6-16(25-2)7-4-14)17-8-5-15(12-22)10-20(17)19(13)11-21(23)24/h3-10H,11H2,1-2H3,(H,23,24)/b18-9-. The van der Waals surface area contributed by atoms with Crippen LogP contribution < -0.4 is 0 Å². The van der Waals surface area contributed by atoms with Crippen molar-refractivity contribution < 1.29 is 9.90 Å². The van der Waals surface area contributed by atoms with Crippen molar-refractivity contribution in [3.63, 3.8) is 0 Å². The van der Waals surface area contributed by atoms with E-state index in [1.54, 1.807) is 23.9 Å². The third-order valence-electron chi connectivity index (χ3n) is 4.38. The molecule has 0 unspecified atom stereocenters. The van der Waals surface area contributed by atoms with Gasteiger partial charge in [0.15, 0.2) is 0 Å². The molecule has 0 saturated carbocycles. The number of hydrogen-bond donors (Lipinski definition) is 1. The fourth-order valence-corrected chi connectivity index (χ4v) is 3.50. The first kappa shape index (κ1) is 17.1. The molecule has 0 aliphatic heterocycles. The number of carboxylic acid groups (broad SMARTS) is 1. The van der Waals surface area contributed by atoms with Crippen LogP contribution in [0.2, 0.25) is 0 Å². The first-order chi connectivity index (χ1) is 12.0. The van der Waals surface area contributed by atoms with E-state index in [1.165, 1.54) is 4.90 Å². The van der Waals surface area contributed by atoms with Crippen LogP contribution in [0.25, 0.3) is 17.2 Å². The predicted octanol–water partition coefficient (Wildman–Crippen LogP) is 5.08. The molecule has 0 heterocycles. The predicted molar refractivity (Wildman–Crippen MR) is 102 cm³/mol. The topological polar surface area (TPSA) is 61.1 Å². The van der Waals surface area contributed by atoms with E-state index in [0.29, 0.717) is 5.56 Å². The molecule has 0 atom stereocenters. The summed E-state index contributed by atoms with van der Waals surface area (Å²) in [7, 11) is 0. The Bertz CT molecular complexity index is 947. The van der Waals surface area contributed by atoms with Crippen molar-refractivity contribution in [1.29, 1.82) is 5.26 Å². The van der Waals surface area contributed by atoms with Gasteiger partial charge in [0, 0.05) is 4.90 Å². The van der Waals surface area contributed by atoms with E-state index in [1.807, 2.05) is 19.2 Å². The van der Waals surface area contributed by atoms with E-state index in [-0.39, 0.29) is 6.42 Å². The van der Waals surface area contributed by atoms with Crippen molar-refractivity contribution in [1.82, 2.24) is 0 Å². The molecule has 0 saturated heterocycles. The molecule has 4 heteroatoms. The van der Waals surface area contributed by atoms with Crippen molar-refractivity contribution in [2.45, 2.75) is 18.2 Å². The summed E-state index contributed by atoms with van der Waals surface area (Å²) in [6.07, 6.45) is 4.08. The molecule has 1 aliphatic carbocycles. The monoisotopic (exact) mass is 347 g/mol. The average molecular weight is 347 g/mol. The molecule has 2 aromatic carbocycles. The maximum Gasteiger partial charge on any atom is 0.307 e. The van der Waals surface area contributed by atoms with Gasteiger partial charge in [0.05, 0.1) is 18.1 Å². The number of carboxylic acids is 1. The Balaban J connectivity index is 2.13. The minimum Gasteiger partial charge on any atom is -0.481 e. The van der Waals surface area contributed by atoms with Gasteiger partial charge in [-0.2, -0.15) is 5.26 Å². The zero-order valence-corrected chi connectivity index (χ0v) is 14.9. The second kappa shape index (κ2) is 7.00. The number of aliphatic carboxylic acids is 1. The van der Waals surface area contributed by atoms with Crippen LogP contribution in [-0.4, -0.2) is 17.3 Å². The van der Waals surface area contributed by atoms with Crippen molar-refractivity contribution >= 4 is 35.0 Å². The van der Waals surface area contributed by atoms with Crippen molar-refractivity contribution in [3.05, 3.63) is 70.3 Å². The summed E-state index contributed by atoms with van der Waals surface area (Å²) in [6.45, 7) is 1.95. The largest absolute Gasteiger partial charge is 0.481 e. The molecule has 124 valence electrons. The first-order valence-electron chi connectivity index (χ1n) is 7.86. The zero-order chi connectivity index (χ0) is 18.0. The van der Waals surface area contributed by atoms with Gasteiger partial charge in [-0.3, -0.25) is 4.79 Å². The number of carbonyl (C=O) groups is 1. The highest BCUT2D eigenvalue weighted by molar-refractivity contribution is 7.98. The molecule has 3 nitrogen and oxygen atoms in total. The van der Waals surface area contributed by atoms with Gasteiger partial charge in [-0.15, -0.1) is 11.8 Å². The molecule has 0 amide bonds. The zero-order valence-electron chi connectivity index (χ0n) is 14.0. The second-order valence-corrected chi connectivity index (χ2v) is 6.76. The van der Waals surface area contributed by atoms with Crippen LogP contribution in [0.15, 0.2) is 52.9 Å². The third-order valence-corrected chi connectivity index (χ3v) is 5.12. The van der Waals surface area contributed by atoms with Crippen LogP contribution in [0.5, 0.6) is 0 Å². The summed E-state index contributed by atoms with van der Waals surface area (Å²) in [4.78, 5) is 12.5. The van der Waals surface area contributed by atoms with Gasteiger partial charge in [-0.25, -0.2) is 0 Å². The molecule has 3 rings (SSSR count). The van der Waals surface area contributed by atoms with Crippen molar-refractivity contribution in [2.75, 3.05) is 6.26 Å². The second-order valence-electron chi connectivity index (χ2n) is 5.88. The molecule has 25 heavy (non-hydrogen) atoms. The van der Waals surface area contributed by atoms with Crippen LogP contribution in [0.1, 0.15) is 35.6 Å². The van der Waals surface area contributed by atoms with Crippen LogP contribution >= 0.6 is 11.8 Å². The molecule has 0 radical (unpaired) electrons. The number of fused-ring (bicyclic) bond motifs is 1. The van der Waals surface area contributed by atoms with Gasteiger partial charge >= 0.3 is 5.97 Å². The van der Waals surface area contributed by atoms with Crippen LogP contribution in [-0.2, 0) is 4.79 Å². The Morgan fingerprint density at radius 3 is 2.52 bits per heavy atom. The van der Waals surface area contributed by atoms with Gasteiger partial charge in [-0.05, 0) is 76.9 Å². The SMILES string of the molecule is CSc1ccc(/C=C2/C(C)=C(CC(=O)O)c3cc(C#N)ccc32)cc1. The van der Waals surface area contributed by atoms with Gasteiger partial charge in [0.1, 0.15) is 0 Å². The average Bonchev–Trinajstić information content (AvgIpc) is 2.87. The van der Waals surface area contributed by atoms with E-state index in [9.17, 15) is 9.90 Å². The minimum absolute atomic E-state index is 0.0452. The number of rotatable bonds is 4. The summed E-state index contributed by atoms with van der Waals surface area (Å²) in [5.74, 6) is -0.867. The Morgan fingerprint density at radius 2 is 1.92 bits per heavy atom. The maximum atomic E-state index is 11.3. The van der Waals surface area contributed by atoms with Crippen molar-refractivity contribution in [3.8, 4) is 6.07 Å². The Hall–Kier alpha value is -2.77. The van der Waals surface area contributed by atoms with Crippen LogP contribution in [0.4, 0.5) is 0 Å². The van der Waals surface area contributed by atoms with E-state index in [4.69, 9.17) is 5.26 Å². The molecule has 0 bridgehead atoms. The van der Waals surface area contributed by atoms with Gasteiger partial charge in [0.25, 0.3) is 0 Å². The van der Waals surface area contributed by atoms with E-state index < -0.39 is 5.97 Å². The normalized spacial score (nSPS) is 14.5. The molecule has 1 N–H and O–H groups in total. The molecular weight excluding hydrogens is 330 g/mol. The molecule has 0 spiro atoms. The lowest BCUT2D eigenvalue weighted by Gasteiger charge is -2.05. The number of allylic oxidation sites excluding steroid dienone is 2. The summed E-state index contributed by atoms with van der Waals surface area (Å²) in [5, 5.41) is 18.4. The van der Waals surface area contributed by atoms with Gasteiger partial charge < -0.3 is 5.11 Å². The fraction of sp³-hybridized carbons (Fsp3) is 0.143. The molecule has 2 aromatic rings. The summed E-state index contributed by atoms with van der Waals surface area (Å²) >= 11 is 1.69. The molecular formula is C21H17NO2S. The maximum absolute atomic E-state index is 11.3. The minimum atomic E-state index is -0.867. The smallest absolute Gasteiger partial charge is 0.307 e. The number of nitrogens with zero attached hydrogens (tertiary/aromatic N) is 1.